The molecule has 0 aliphatic heterocycles. The van der Waals surface area contributed by atoms with E-state index in [0.29, 0.717) is 0 Å². The maximum atomic E-state index is 5.17. The Hall–Kier alpha value is -2.64. The van der Waals surface area contributed by atoms with Crippen molar-refractivity contribution in [3.05, 3.63) is 65.9 Å². The fourth-order valence-electron chi connectivity index (χ4n) is 2.47. The molecule has 0 amide bonds. The molecule has 2 aromatic heterocycles. The number of rotatable bonds is 6. The first-order valence-corrected chi connectivity index (χ1v) is 9.86. The number of thiazole rings is 1. The molecule has 2 aromatic carbocycles. The van der Waals surface area contributed by atoms with Crippen molar-refractivity contribution in [3.8, 4) is 5.75 Å². The summed E-state index contributed by atoms with van der Waals surface area (Å²) in [7, 11) is 1.66. The van der Waals surface area contributed by atoms with Gasteiger partial charge in [0.25, 0.3) is 0 Å². The molecule has 7 heteroatoms. The fourth-order valence-corrected chi connectivity index (χ4v) is 4.18. The summed E-state index contributed by atoms with van der Waals surface area (Å²) in [4.78, 5) is 13.4. The summed E-state index contributed by atoms with van der Waals surface area (Å²) in [5, 5.41) is 8.32. The van der Waals surface area contributed by atoms with Crippen LogP contribution in [-0.2, 0) is 5.75 Å². The number of para-hydroxylation sites is 1. The van der Waals surface area contributed by atoms with Gasteiger partial charge in [0.1, 0.15) is 17.1 Å². The van der Waals surface area contributed by atoms with Crippen LogP contribution in [0.15, 0.2) is 65.3 Å². The van der Waals surface area contributed by atoms with E-state index in [9.17, 15) is 0 Å². The van der Waals surface area contributed by atoms with Crippen LogP contribution >= 0.6 is 23.1 Å². The smallest absolute Gasteiger partial charge is 0.187 e. The molecule has 0 saturated carbocycles. The van der Waals surface area contributed by atoms with Crippen molar-refractivity contribution >= 4 is 44.8 Å². The molecule has 0 bridgehead atoms. The number of methoxy groups -OCH3 is 1. The first-order chi connectivity index (χ1) is 12.8. The molecule has 2 heterocycles. The van der Waals surface area contributed by atoms with E-state index in [1.54, 1.807) is 36.5 Å². The molecule has 130 valence electrons. The summed E-state index contributed by atoms with van der Waals surface area (Å²) in [5.41, 5.74) is 2.98. The zero-order valence-electron chi connectivity index (χ0n) is 14.0. The summed E-state index contributed by atoms with van der Waals surface area (Å²) in [6.45, 7) is 0. The number of nitrogens with one attached hydrogen (secondary N) is 1. The fraction of sp³-hybridized carbons (Fsp3) is 0.105. The molecule has 4 rings (SSSR count). The van der Waals surface area contributed by atoms with Crippen molar-refractivity contribution in [2.75, 3.05) is 12.4 Å². The van der Waals surface area contributed by atoms with Crippen LogP contribution in [0.3, 0.4) is 0 Å². The first kappa shape index (κ1) is 16.8. The molecule has 0 radical (unpaired) electrons. The molecular weight excluding hydrogens is 364 g/mol. The number of thioether (sulfide) groups is 1. The molecule has 5 nitrogen and oxygen atoms in total. The Morgan fingerprint density at radius 3 is 2.77 bits per heavy atom. The van der Waals surface area contributed by atoms with Gasteiger partial charge in [-0.3, -0.25) is 0 Å². The van der Waals surface area contributed by atoms with Crippen LogP contribution in [-0.4, -0.2) is 22.1 Å². The maximum Gasteiger partial charge on any atom is 0.187 e. The van der Waals surface area contributed by atoms with Crippen molar-refractivity contribution in [2.45, 2.75) is 10.8 Å². The number of benzene rings is 2. The van der Waals surface area contributed by atoms with E-state index in [0.717, 1.165) is 43.9 Å². The molecule has 0 unspecified atom stereocenters. The van der Waals surface area contributed by atoms with Crippen LogP contribution in [0.5, 0.6) is 5.75 Å². The lowest BCUT2D eigenvalue weighted by Gasteiger charge is -2.04. The number of hydrogen-bond donors (Lipinski definition) is 1. The van der Waals surface area contributed by atoms with Crippen LogP contribution in [0, 0.1) is 0 Å². The highest BCUT2D eigenvalue weighted by atomic mass is 32.2. The molecule has 0 spiro atoms. The van der Waals surface area contributed by atoms with Crippen LogP contribution < -0.4 is 10.1 Å². The van der Waals surface area contributed by atoms with Gasteiger partial charge in [-0.2, -0.15) is 0 Å². The number of aromatic nitrogens is 3. The third kappa shape index (κ3) is 3.79. The Morgan fingerprint density at radius 2 is 1.92 bits per heavy atom. The summed E-state index contributed by atoms with van der Waals surface area (Å²) in [5.74, 6) is 1.60. The van der Waals surface area contributed by atoms with Gasteiger partial charge >= 0.3 is 0 Å². The normalized spacial score (nSPS) is 10.8. The van der Waals surface area contributed by atoms with Crippen molar-refractivity contribution in [1.82, 2.24) is 15.0 Å². The predicted molar refractivity (Wildman–Crippen MR) is 107 cm³/mol. The summed E-state index contributed by atoms with van der Waals surface area (Å²) in [6.07, 6.45) is 1.61. The van der Waals surface area contributed by atoms with Crippen LogP contribution in [0.2, 0.25) is 0 Å². The third-order valence-electron chi connectivity index (χ3n) is 3.76. The Morgan fingerprint density at radius 1 is 1.08 bits per heavy atom. The van der Waals surface area contributed by atoms with E-state index in [1.165, 1.54) is 0 Å². The zero-order chi connectivity index (χ0) is 17.8. The van der Waals surface area contributed by atoms with Gasteiger partial charge in [0.2, 0.25) is 0 Å². The molecule has 0 aliphatic carbocycles. The molecule has 0 saturated heterocycles. The zero-order valence-corrected chi connectivity index (χ0v) is 15.7. The number of fused-ring (bicyclic) bond motifs is 1. The molecule has 0 fully saturated rings. The number of ether oxygens (including phenoxy) is 1. The Kier molecular flexibility index (Phi) is 4.99. The topological polar surface area (TPSA) is 59.9 Å². The quantitative estimate of drug-likeness (QED) is 0.370. The Labute approximate surface area is 159 Å². The average molecular weight is 380 g/mol. The highest BCUT2D eigenvalue weighted by Gasteiger charge is 2.07. The van der Waals surface area contributed by atoms with Crippen molar-refractivity contribution in [1.29, 1.82) is 0 Å². The highest BCUT2D eigenvalue weighted by Crippen LogP contribution is 2.29. The lowest BCUT2D eigenvalue weighted by molar-refractivity contribution is 0.415. The lowest BCUT2D eigenvalue weighted by Crippen LogP contribution is -1.91. The van der Waals surface area contributed by atoms with Gasteiger partial charge < -0.3 is 10.1 Å². The van der Waals surface area contributed by atoms with Crippen molar-refractivity contribution in [2.24, 2.45) is 0 Å². The van der Waals surface area contributed by atoms with Gasteiger partial charge in [-0.05, 0) is 30.3 Å². The van der Waals surface area contributed by atoms with E-state index in [4.69, 9.17) is 4.74 Å². The molecule has 0 atom stereocenters. The van der Waals surface area contributed by atoms with Crippen molar-refractivity contribution in [3.63, 3.8) is 0 Å². The van der Waals surface area contributed by atoms with E-state index in [1.807, 2.05) is 42.5 Å². The SMILES string of the molecule is COc1ccc(Nc2nc(CSc3ncnc4ccccc34)cs2)cc1. The van der Waals surface area contributed by atoms with Gasteiger partial charge in [-0.25, -0.2) is 15.0 Å². The number of anilines is 2. The molecular formula is C19H16N4OS2. The second kappa shape index (κ2) is 7.72. The minimum absolute atomic E-state index is 0.766. The van der Waals surface area contributed by atoms with E-state index < -0.39 is 0 Å². The minimum atomic E-state index is 0.766. The second-order valence-electron chi connectivity index (χ2n) is 5.48. The molecule has 26 heavy (non-hydrogen) atoms. The van der Waals surface area contributed by atoms with Crippen LogP contribution in [0.25, 0.3) is 10.9 Å². The molecule has 1 N–H and O–H groups in total. The summed E-state index contributed by atoms with van der Waals surface area (Å²) in [6, 6.07) is 15.8. The van der Waals surface area contributed by atoms with Gasteiger partial charge in [0.05, 0.1) is 18.3 Å². The monoisotopic (exact) mass is 380 g/mol. The average Bonchev–Trinajstić information content (AvgIpc) is 3.14. The second-order valence-corrected chi connectivity index (χ2v) is 7.30. The largest absolute Gasteiger partial charge is 0.497 e. The number of hydrogen-bond acceptors (Lipinski definition) is 7. The lowest BCUT2D eigenvalue weighted by atomic mass is 10.2. The van der Waals surface area contributed by atoms with E-state index in [2.05, 4.69) is 31.7 Å². The van der Waals surface area contributed by atoms with E-state index in [-0.39, 0.29) is 0 Å². The van der Waals surface area contributed by atoms with Gasteiger partial charge in [0, 0.05) is 22.2 Å². The van der Waals surface area contributed by atoms with Crippen LogP contribution in [0.1, 0.15) is 5.69 Å². The Balaban J connectivity index is 1.43. The van der Waals surface area contributed by atoms with Gasteiger partial charge in [-0.1, -0.05) is 30.0 Å². The minimum Gasteiger partial charge on any atom is -0.497 e. The van der Waals surface area contributed by atoms with Crippen molar-refractivity contribution < 1.29 is 4.74 Å². The van der Waals surface area contributed by atoms with E-state index >= 15 is 0 Å². The van der Waals surface area contributed by atoms with Gasteiger partial charge in [-0.15, -0.1) is 11.3 Å². The highest BCUT2D eigenvalue weighted by molar-refractivity contribution is 7.98. The Bertz CT molecular complexity index is 1010. The summed E-state index contributed by atoms with van der Waals surface area (Å²) < 4.78 is 5.17. The summed E-state index contributed by atoms with van der Waals surface area (Å²) >= 11 is 3.27. The number of nitrogens with zero attached hydrogens (tertiary/aromatic N) is 3. The predicted octanol–water partition coefficient (Wildman–Crippen LogP) is 5.13. The maximum absolute atomic E-state index is 5.17. The van der Waals surface area contributed by atoms with Gasteiger partial charge in [0.15, 0.2) is 5.13 Å². The molecule has 0 aliphatic rings. The third-order valence-corrected chi connectivity index (χ3v) is 5.60. The standard InChI is InChI=1S/C19H16N4OS2/c1-24-15-8-6-13(7-9-15)22-19-23-14(11-26-19)10-25-18-16-4-2-3-5-17(16)20-12-21-18/h2-9,11-12H,10H2,1H3,(H,22,23). The van der Waals surface area contributed by atoms with Crippen LogP contribution in [0.4, 0.5) is 10.8 Å². The first-order valence-electron chi connectivity index (χ1n) is 8.00. The molecule has 4 aromatic rings.